The minimum atomic E-state index is -0.643. The van der Waals surface area contributed by atoms with Crippen LogP contribution in [-0.2, 0) is 30.5 Å². The van der Waals surface area contributed by atoms with E-state index in [0.717, 1.165) is 54.7 Å². The number of aryl methyl sites for hydroxylation is 2. The van der Waals surface area contributed by atoms with Crippen LogP contribution in [0.5, 0.6) is 0 Å². The van der Waals surface area contributed by atoms with Gasteiger partial charge in [0.05, 0.1) is 11.7 Å². The highest BCUT2D eigenvalue weighted by molar-refractivity contribution is 5.92. The maximum absolute atomic E-state index is 12.5. The van der Waals surface area contributed by atoms with E-state index in [0.29, 0.717) is 25.1 Å². The molecule has 8 heteroatoms. The van der Waals surface area contributed by atoms with Crippen LogP contribution in [0.25, 0.3) is 0 Å². The van der Waals surface area contributed by atoms with Crippen LogP contribution in [0, 0.1) is 0 Å². The third kappa shape index (κ3) is 4.84. The minimum absolute atomic E-state index is 0.0298. The molecule has 3 aromatic rings. The molecule has 162 valence electrons. The van der Waals surface area contributed by atoms with E-state index in [2.05, 4.69) is 25.8 Å². The fourth-order valence-electron chi connectivity index (χ4n) is 4.05. The van der Waals surface area contributed by atoms with Crippen LogP contribution in [0.4, 0.5) is 5.69 Å². The smallest absolute Gasteiger partial charge is 0.291 e. The summed E-state index contributed by atoms with van der Waals surface area (Å²) < 4.78 is 6.05. The lowest BCUT2D eigenvalue weighted by molar-refractivity contribution is -0.109. The molecule has 1 aliphatic carbocycles. The van der Waals surface area contributed by atoms with E-state index in [9.17, 15) is 9.59 Å². The average Bonchev–Trinajstić information content (AvgIpc) is 3.41. The lowest BCUT2D eigenvalue weighted by atomic mass is 9.96. The molecule has 31 heavy (non-hydrogen) atoms. The number of hydrogen-bond acceptors (Lipinski definition) is 6. The summed E-state index contributed by atoms with van der Waals surface area (Å²) >= 11 is 0. The molecule has 0 fully saturated rings. The number of carbonyl (C=O) groups excluding carboxylic acids is 2. The van der Waals surface area contributed by atoms with Crippen LogP contribution in [-0.4, -0.2) is 40.5 Å². The van der Waals surface area contributed by atoms with Gasteiger partial charge in [-0.2, -0.15) is 0 Å². The van der Waals surface area contributed by atoms with Crippen LogP contribution >= 0.6 is 0 Å². The molecule has 0 radical (unpaired) electrons. The zero-order chi connectivity index (χ0) is 21.6. The van der Waals surface area contributed by atoms with Crippen molar-refractivity contribution in [3.8, 4) is 0 Å². The quantitative estimate of drug-likeness (QED) is 0.458. The van der Waals surface area contributed by atoms with Crippen molar-refractivity contribution in [3.63, 3.8) is 0 Å². The molecular weight excluding hydrogens is 394 g/mol. The summed E-state index contributed by atoms with van der Waals surface area (Å²) in [6.45, 7) is 0. The van der Waals surface area contributed by atoms with Crippen molar-refractivity contribution in [1.82, 2.24) is 20.5 Å². The fourth-order valence-corrected chi connectivity index (χ4v) is 4.05. The topological polar surface area (TPSA) is 113 Å². The molecule has 1 atom stereocenters. The Bertz CT molecular complexity index is 1040. The number of nitrogens with one attached hydrogen (secondary N) is 3. The summed E-state index contributed by atoms with van der Waals surface area (Å²) in [4.78, 5) is 28.4. The third-order valence-corrected chi connectivity index (χ3v) is 5.61. The number of carbonyl (C=O) groups is 2. The van der Waals surface area contributed by atoms with Crippen LogP contribution < -0.4 is 10.6 Å². The van der Waals surface area contributed by atoms with E-state index in [1.807, 2.05) is 37.4 Å². The van der Waals surface area contributed by atoms with Gasteiger partial charge in [-0.3, -0.25) is 9.89 Å². The number of aldehydes is 1. The molecule has 2 aromatic heterocycles. The first-order valence-electron chi connectivity index (χ1n) is 10.7. The summed E-state index contributed by atoms with van der Waals surface area (Å²) in [7, 11) is 1.89. The minimum Gasteiger partial charge on any atom is -0.464 e. The van der Waals surface area contributed by atoms with Crippen LogP contribution in [0.15, 0.2) is 34.7 Å². The molecule has 4 rings (SSSR count). The molecule has 1 amide bonds. The van der Waals surface area contributed by atoms with Crippen molar-refractivity contribution in [2.24, 2.45) is 0 Å². The second kappa shape index (κ2) is 9.59. The predicted octanol–water partition coefficient (Wildman–Crippen LogP) is 2.84. The van der Waals surface area contributed by atoms with Crippen LogP contribution in [0.1, 0.15) is 58.4 Å². The predicted molar refractivity (Wildman–Crippen MR) is 116 cm³/mol. The van der Waals surface area contributed by atoms with Crippen molar-refractivity contribution < 1.29 is 14.0 Å². The fraction of sp³-hybridized carbons (Fsp3) is 0.391. The number of amides is 1. The van der Waals surface area contributed by atoms with Crippen molar-refractivity contribution in [2.45, 2.75) is 51.0 Å². The van der Waals surface area contributed by atoms with Crippen molar-refractivity contribution in [1.29, 1.82) is 0 Å². The molecule has 3 N–H and O–H groups in total. The number of nitrogens with zero attached hydrogens (tertiary/aromatic N) is 2. The van der Waals surface area contributed by atoms with E-state index in [1.165, 1.54) is 5.56 Å². The number of aromatic nitrogens is 3. The number of anilines is 1. The molecule has 1 aromatic carbocycles. The molecular formula is C23H27N5O3. The summed E-state index contributed by atoms with van der Waals surface area (Å²) in [5.74, 6) is 2.05. The molecule has 0 spiro atoms. The summed E-state index contributed by atoms with van der Waals surface area (Å²) in [5, 5.41) is 12.7. The number of H-pyrrole nitrogens is 1. The Morgan fingerprint density at radius 2 is 2.06 bits per heavy atom. The Kier molecular flexibility index (Phi) is 6.45. The number of aromatic amines is 1. The van der Waals surface area contributed by atoms with Gasteiger partial charge >= 0.3 is 0 Å². The Morgan fingerprint density at radius 3 is 2.84 bits per heavy atom. The van der Waals surface area contributed by atoms with E-state index in [-0.39, 0.29) is 5.82 Å². The molecule has 1 aliphatic rings. The Labute approximate surface area is 180 Å². The highest BCUT2D eigenvalue weighted by Gasteiger charge is 2.23. The lowest BCUT2D eigenvalue weighted by Crippen LogP contribution is -2.37. The summed E-state index contributed by atoms with van der Waals surface area (Å²) in [5.41, 5.74) is 3.35. The van der Waals surface area contributed by atoms with Gasteiger partial charge in [0.15, 0.2) is 0 Å². The molecule has 0 saturated carbocycles. The largest absolute Gasteiger partial charge is 0.464 e. The normalized spacial score (nSPS) is 14.0. The second-order valence-electron chi connectivity index (χ2n) is 7.78. The van der Waals surface area contributed by atoms with Crippen LogP contribution in [0.3, 0.4) is 0 Å². The molecule has 0 saturated heterocycles. The van der Waals surface area contributed by atoms with Crippen LogP contribution in [0.2, 0.25) is 0 Å². The molecule has 1 unspecified atom stereocenters. The van der Waals surface area contributed by atoms with E-state index >= 15 is 0 Å². The van der Waals surface area contributed by atoms with Crippen molar-refractivity contribution in [3.05, 3.63) is 64.6 Å². The van der Waals surface area contributed by atoms with Gasteiger partial charge in [0, 0.05) is 31.9 Å². The standard InChI is InChI=1S/C23H27N5O3/c1-24-21-17-9-5-6-10-18(17)31-19(21)12-11-16(14-29)25-23(30)22-26-20(27-28-22)13-15-7-3-2-4-8-15/h2-4,7-8,14,16,24H,5-6,9-13H2,1H3,(H,25,30)(H,26,27,28). The first kappa shape index (κ1) is 20.8. The number of fused-ring (bicyclic) bond motifs is 1. The molecule has 2 heterocycles. The maximum Gasteiger partial charge on any atom is 0.291 e. The zero-order valence-corrected chi connectivity index (χ0v) is 17.6. The molecule has 8 nitrogen and oxygen atoms in total. The first-order valence-corrected chi connectivity index (χ1v) is 10.7. The van der Waals surface area contributed by atoms with Gasteiger partial charge < -0.3 is 19.8 Å². The molecule has 0 bridgehead atoms. The van der Waals surface area contributed by atoms with Gasteiger partial charge in [-0.25, -0.2) is 4.98 Å². The summed E-state index contributed by atoms with van der Waals surface area (Å²) in [6, 6.07) is 9.16. The first-order chi connectivity index (χ1) is 15.2. The van der Waals surface area contributed by atoms with Gasteiger partial charge in [0.25, 0.3) is 5.91 Å². The van der Waals surface area contributed by atoms with Crippen molar-refractivity contribution >= 4 is 17.9 Å². The number of rotatable bonds is 9. The van der Waals surface area contributed by atoms with Crippen molar-refractivity contribution in [2.75, 3.05) is 12.4 Å². The number of benzene rings is 1. The highest BCUT2D eigenvalue weighted by atomic mass is 16.3. The second-order valence-corrected chi connectivity index (χ2v) is 7.78. The molecule has 0 aliphatic heterocycles. The van der Waals surface area contributed by atoms with Gasteiger partial charge in [-0.05, 0) is 31.2 Å². The number of furan rings is 1. The Hall–Kier alpha value is -3.42. The van der Waals surface area contributed by atoms with E-state index in [4.69, 9.17) is 4.42 Å². The lowest BCUT2D eigenvalue weighted by Gasteiger charge is -2.11. The highest BCUT2D eigenvalue weighted by Crippen LogP contribution is 2.34. The Balaban J connectivity index is 1.36. The Morgan fingerprint density at radius 1 is 1.26 bits per heavy atom. The third-order valence-electron chi connectivity index (χ3n) is 5.61. The SMILES string of the molecule is CNc1c(CCC(C=O)NC(=O)c2n[nH]c(Cc3ccccc3)n2)oc2c1CCCC2. The zero-order valence-electron chi connectivity index (χ0n) is 17.6. The number of hydrogen-bond donors (Lipinski definition) is 3. The van der Waals surface area contributed by atoms with Gasteiger partial charge in [-0.1, -0.05) is 30.3 Å². The maximum atomic E-state index is 12.5. The average molecular weight is 422 g/mol. The monoisotopic (exact) mass is 421 g/mol. The van der Waals surface area contributed by atoms with Gasteiger partial charge in [-0.15, -0.1) is 5.10 Å². The van der Waals surface area contributed by atoms with Gasteiger partial charge in [0.2, 0.25) is 5.82 Å². The van der Waals surface area contributed by atoms with Gasteiger partial charge in [0.1, 0.15) is 23.6 Å². The van der Waals surface area contributed by atoms with E-state index in [1.54, 1.807) is 0 Å². The van der Waals surface area contributed by atoms with E-state index < -0.39 is 11.9 Å². The summed E-state index contributed by atoms with van der Waals surface area (Å²) in [6.07, 6.45) is 6.56.